The number of hydrogen-bond donors (Lipinski definition) is 1. The first-order chi connectivity index (χ1) is 13.4. The summed E-state index contributed by atoms with van der Waals surface area (Å²) in [7, 11) is 0. The van der Waals surface area contributed by atoms with Gasteiger partial charge in [-0.1, -0.05) is 47.5 Å². The van der Waals surface area contributed by atoms with Gasteiger partial charge in [0.1, 0.15) is 0 Å². The van der Waals surface area contributed by atoms with E-state index in [-0.39, 0.29) is 17.9 Å². The lowest BCUT2D eigenvalue weighted by Gasteiger charge is -2.26. The smallest absolute Gasteiger partial charge is 0.254 e. The molecule has 0 unspecified atom stereocenters. The Kier molecular flexibility index (Phi) is 7.11. The molecule has 144 valence electrons. The largest absolute Gasteiger partial charge is 0.349 e. The summed E-state index contributed by atoms with van der Waals surface area (Å²) in [6, 6.07) is 17.2. The highest BCUT2D eigenvalue weighted by atomic mass is 79.9. The van der Waals surface area contributed by atoms with Crippen molar-refractivity contribution in [1.82, 2.24) is 10.3 Å². The van der Waals surface area contributed by atoms with Crippen LogP contribution < -0.4 is 5.32 Å². The number of aromatic nitrogens is 1. The minimum atomic E-state index is -0.164. The molecular formula is C22H19BrCl2N2O. The highest BCUT2D eigenvalue weighted by molar-refractivity contribution is 9.10. The van der Waals surface area contributed by atoms with Gasteiger partial charge in [0.2, 0.25) is 0 Å². The molecule has 3 rings (SSSR count). The first-order valence-electron chi connectivity index (χ1n) is 8.84. The van der Waals surface area contributed by atoms with E-state index in [1.807, 2.05) is 55.5 Å². The quantitative estimate of drug-likeness (QED) is 0.452. The number of hydrogen-bond acceptors (Lipinski definition) is 2. The number of benzene rings is 2. The Balaban J connectivity index is 1.84. The van der Waals surface area contributed by atoms with Crippen molar-refractivity contribution in [3.8, 4) is 0 Å². The average Bonchev–Trinajstić information content (AvgIpc) is 2.68. The molecule has 2 aromatic carbocycles. The molecule has 0 bridgehead atoms. The first kappa shape index (κ1) is 20.8. The van der Waals surface area contributed by atoms with Gasteiger partial charge in [-0.05, 0) is 70.7 Å². The number of nitrogens with zero attached hydrogens (tertiary/aromatic N) is 1. The summed E-state index contributed by atoms with van der Waals surface area (Å²) >= 11 is 15.5. The van der Waals surface area contributed by atoms with Crippen LogP contribution in [0, 0.1) is 0 Å². The molecule has 6 heteroatoms. The van der Waals surface area contributed by atoms with E-state index in [0.29, 0.717) is 20.1 Å². The van der Waals surface area contributed by atoms with Crippen LogP contribution in [0.4, 0.5) is 0 Å². The summed E-state index contributed by atoms with van der Waals surface area (Å²) in [6.45, 7) is 2.01. The number of rotatable bonds is 6. The fourth-order valence-corrected chi connectivity index (χ4v) is 3.75. The van der Waals surface area contributed by atoms with Crippen molar-refractivity contribution < 1.29 is 4.79 Å². The fourth-order valence-electron chi connectivity index (χ4n) is 3.10. The molecule has 0 fully saturated rings. The Morgan fingerprint density at radius 3 is 2.25 bits per heavy atom. The van der Waals surface area contributed by atoms with Crippen molar-refractivity contribution in [1.29, 1.82) is 0 Å². The highest BCUT2D eigenvalue weighted by Crippen LogP contribution is 2.27. The molecule has 28 heavy (non-hydrogen) atoms. The third-order valence-corrected chi connectivity index (χ3v) is 5.84. The van der Waals surface area contributed by atoms with Crippen LogP contribution in [0.25, 0.3) is 0 Å². The zero-order chi connectivity index (χ0) is 20.1. The van der Waals surface area contributed by atoms with Gasteiger partial charge in [-0.25, -0.2) is 0 Å². The maximum atomic E-state index is 12.7. The van der Waals surface area contributed by atoms with E-state index >= 15 is 0 Å². The maximum absolute atomic E-state index is 12.7. The number of carbonyl (C=O) groups excluding carboxylic acids is 1. The molecular weight excluding hydrogens is 459 g/mol. The van der Waals surface area contributed by atoms with E-state index in [4.69, 9.17) is 23.2 Å². The third-order valence-electron chi connectivity index (χ3n) is 4.64. The summed E-state index contributed by atoms with van der Waals surface area (Å²) in [5.41, 5.74) is 2.76. The van der Waals surface area contributed by atoms with Gasteiger partial charge >= 0.3 is 0 Å². The van der Waals surface area contributed by atoms with Crippen LogP contribution in [-0.2, 0) is 6.42 Å². The molecule has 1 N–H and O–H groups in total. The van der Waals surface area contributed by atoms with Crippen molar-refractivity contribution in [3.63, 3.8) is 0 Å². The van der Waals surface area contributed by atoms with Crippen LogP contribution in [-0.4, -0.2) is 16.9 Å². The molecule has 0 aliphatic rings. The SMILES string of the molecule is C[C@@H](NC(=O)c1cnccc1Br)[C@H](Cc1ccc(Cl)cc1)c1ccc(Cl)cc1. The Morgan fingerprint density at radius 1 is 1.04 bits per heavy atom. The predicted molar refractivity (Wildman–Crippen MR) is 118 cm³/mol. The van der Waals surface area contributed by atoms with Crippen LogP contribution in [0.3, 0.4) is 0 Å². The molecule has 0 spiro atoms. The summed E-state index contributed by atoms with van der Waals surface area (Å²) < 4.78 is 0.716. The van der Waals surface area contributed by atoms with Crippen molar-refractivity contribution in [2.75, 3.05) is 0 Å². The van der Waals surface area contributed by atoms with Gasteiger partial charge < -0.3 is 5.32 Å². The molecule has 3 aromatic rings. The molecule has 0 saturated heterocycles. The van der Waals surface area contributed by atoms with Gasteiger partial charge in [0, 0.05) is 38.9 Å². The Bertz CT molecular complexity index is 946. The lowest BCUT2D eigenvalue weighted by Crippen LogP contribution is -2.38. The number of halogens is 3. The standard InChI is InChI=1S/C22H19BrCl2N2O/c1-14(27-22(28)20-13-26-11-10-21(20)23)19(16-4-8-18(25)9-5-16)12-15-2-6-17(24)7-3-15/h2-11,13-14,19H,12H2,1H3,(H,27,28)/t14-,19+/m1/s1. The fraction of sp³-hybridized carbons (Fsp3) is 0.182. The van der Waals surface area contributed by atoms with Gasteiger partial charge in [0.15, 0.2) is 0 Å². The van der Waals surface area contributed by atoms with Crippen LogP contribution in [0.15, 0.2) is 71.5 Å². The van der Waals surface area contributed by atoms with Crippen LogP contribution in [0.5, 0.6) is 0 Å². The van der Waals surface area contributed by atoms with Crippen LogP contribution in [0.1, 0.15) is 34.3 Å². The van der Waals surface area contributed by atoms with Crippen LogP contribution in [0.2, 0.25) is 10.0 Å². The van der Waals surface area contributed by atoms with E-state index in [0.717, 1.165) is 17.5 Å². The average molecular weight is 478 g/mol. The zero-order valence-corrected chi connectivity index (χ0v) is 18.3. The topological polar surface area (TPSA) is 42.0 Å². The second kappa shape index (κ2) is 9.55. The molecule has 1 aromatic heterocycles. The lowest BCUT2D eigenvalue weighted by molar-refractivity contribution is 0.0933. The van der Waals surface area contributed by atoms with Crippen molar-refractivity contribution in [2.24, 2.45) is 0 Å². The Hall–Kier alpha value is -1.88. The molecule has 0 aliphatic heterocycles. The molecule has 3 nitrogen and oxygen atoms in total. The van der Waals surface area contributed by atoms with E-state index in [1.54, 1.807) is 18.5 Å². The van der Waals surface area contributed by atoms with Crippen molar-refractivity contribution >= 4 is 45.0 Å². The van der Waals surface area contributed by atoms with E-state index in [2.05, 4.69) is 26.2 Å². The molecule has 1 amide bonds. The van der Waals surface area contributed by atoms with Gasteiger partial charge in [-0.15, -0.1) is 0 Å². The maximum Gasteiger partial charge on any atom is 0.254 e. The number of amides is 1. The summed E-state index contributed by atoms with van der Waals surface area (Å²) in [5, 5.41) is 4.50. The Morgan fingerprint density at radius 2 is 1.64 bits per heavy atom. The van der Waals surface area contributed by atoms with Gasteiger partial charge in [-0.2, -0.15) is 0 Å². The molecule has 0 aliphatic carbocycles. The van der Waals surface area contributed by atoms with Gasteiger partial charge in [-0.3, -0.25) is 9.78 Å². The third kappa shape index (κ3) is 5.34. The number of carbonyl (C=O) groups is 1. The Labute approximate surface area is 183 Å². The summed E-state index contributed by atoms with van der Waals surface area (Å²) in [5.74, 6) is -0.0969. The molecule has 1 heterocycles. The predicted octanol–water partition coefficient (Wildman–Crippen LogP) is 6.30. The monoisotopic (exact) mass is 476 g/mol. The lowest BCUT2D eigenvalue weighted by atomic mass is 9.86. The molecule has 0 saturated carbocycles. The first-order valence-corrected chi connectivity index (χ1v) is 10.4. The van der Waals surface area contributed by atoms with Crippen molar-refractivity contribution in [2.45, 2.75) is 25.3 Å². The van der Waals surface area contributed by atoms with E-state index in [1.165, 1.54) is 0 Å². The normalized spacial score (nSPS) is 13.0. The van der Waals surface area contributed by atoms with Crippen LogP contribution >= 0.6 is 39.1 Å². The minimum Gasteiger partial charge on any atom is -0.349 e. The van der Waals surface area contributed by atoms with Gasteiger partial charge in [0.25, 0.3) is 5.91 Å². The highest BCUT2D eigenvalue weighted by Gasteiger charge is 2.23. The minimum absolute atomic E-state index is 0.0674. The molecule has 2 atom stereocenters. The van der Waals surface area contributed by atoms with E-state index in [9.17, 15) is 4.79 Å². The zero-order valence-electron chi connectivity index (χ0n) is 15.2. The van der Waals surface area contributed by atoms with E-state index < -0.39 is 0 Å². The van der Waals surface area contributed by atoms with Crippen molar-refractivity contribution in [3.05, 3.63) is 98.2 Å². The number of nitrogens with one attached hydrogen (secondary N) is 1. The van der Waals surface area contributed by atoms with Gasteiger partial charge in [0.05, 0.1) is 5.56 Å². The number of pyridine rings is 1. The summed E-state index contributed by atoms with van der Waals surface area (Å²) in [4.78, 5) is 16.8. The molecule has 0 radical (unpaired) electrons. The summed E-state index contributed by atoms with van der Waals surface area (Å²) in [6.07, 6.45) is 3.96. The second-order valence-electron chi connectivity index (χ2n) is 6.61. The second-order valence-corrected chi connectivity index (χ2v) is 8.33.